The van der Waals surface area contributed by atoms with Gasteiger partial charge in [-0.2, -0.15) is 13.2 Å². The summed E-state index contributed by atoms with van der Waals surface area (Å²) in [6.45, 7) is -0.229. The van der Waals surface area contributed by atoms with Crippen LogP contribution in [0.15, 0.2) is 48.5 Å². The minimum absolute atomic E-state index is 0.104. The molecule has 0 bridgehead atoms. The van der Waals surface area contributed by atoms with Gasteiger partial charge in [-0.3, -0.25) is 0 Å². The van der Waals surface area contributed by atoms with Crippen molar-refractivity contribution in [1.29, 1.82) is 0 Å². The summed E-state index contributed by atoms with van der Waals surface area (Å²) in [4.78, 5) is 0. The molecule has 0 aliphatic heterocycles. The Balaban J connectivity index is 2.03. The zero-order chi connectivity index (χ0) is 15.5. The van der Waals surface area contributed by atoms with Gasteiger partial charge in [0.2, 0.25) is 0 Å². The summed E-state index contributed by atoms with van der Waals surface area (Å²) in [6.07, 6.45) is -5.68. The molecule has 21 heavy (non-hydrogen) atoms. The van der Waals surface area contributed by atoms with E-state index in [4.69, 9.17) is 4.74 Å². The summed E-state index contributed by atoms with van der Waals surface area (Å²) in [7, 11) is 0. The molecule has 112 valence electrons. The van der Waals surface area contributed by atoms with Gasteiger partial charge in [-0.15, -0.1) is 0 Å². The Morgan fingerprint density at radius 2 is 1.71 bits per heavy atom. The van der Waals surface area contributed by atoms with E-state index in [1.165, 1.54) is 36.4 Å². The molecule has 6 heteroatoms. The van der Waals surface area contributed by atoms with Crippen molar-refractivity contribution in [2.75, 3.05) is 6.61 Å². The first-order chi connectivity index (χ1) is 9.86. The van der Waals surface area contributed by atoms with E-state index in [1.54, 1.807) is 0 Å². The van der Waals surface area contributed by atoms with Gasteiger partial charge in [-0.25, -0.2) is 4.39 Å². The minimum atomic E-state index is -4.46. The van der Waals surface area contributed by atoms with Gasteiger partial charge in [-0.1, -0.05) is 12.1 Å². The Morgan fingerprint density at radius 3 is 2.33 bits per heavy atom. The van der Waals surface area contributed by atoms with Gasteiger partial charge in [0, 0.05) is 0 Å². The Morgan fingerprint density at radius 1 is 1.05 bits per heavy atom. The van der Waals surface area contributed by atoms with Crippen LogP contribution in [-0.2, 0) is 6.18 Å². The second kappa shape index (κ2) is 6.13. The van der Waals surface area contributed by atoms with Crippen LogP contribution in [0.1, 0.15) is 17.2 Å². The van der Waals surface area contributed by atoms with Crippen molar-refractivity contribution < 1.29 is 27.4 Å². The van der Waals surface area contributed by atoms with E-state index in [9.17, 15) is 22.7 Å². The van der Waals surface area contributed by atoms with Gasteiger partial charge < -0.3 is 9.84 Å². The SMILES string of the molecule is OC(COc1ccc(F)cc1)c1cccc(C(F)(F)F)c1. The molecule has 0 aromatic heterocycles. The van der Waals surface area contributed by atoms with Gasteiger partial charge in [0.05, 0.1) is 5.56 Å². The molecule has 0 heterocycles. The molecule has 0 aliphatic rings. The van der Waals surface area contributed by atoms with E-state index in [1.807, 2.05) is 0 Å². The molecule has 0 saturated carbocycles. The monoisotopic (exact) mass is 300 g/mol. The quantitative estimate of drug-likeness (QED) is 0.866. The summed E-state index contributed by atoms with van der Waals surface area (Å²) < 4.78 is 55.6. The van der Waals surface area contributed by atoms with Crippen LogP contribution >= 0.6 is 0 Å². The van der Waals surface area contributed by atoms with Crippen molar-refractivity contribution >= 4 is 0 Å². The molecule has 0 amide bonds. The Kier molecular flexibility index (Phi) is 4.47. The molecule has 2 nitrogen and oxygen atoms in total. The summed E-state index contributed by atoms with van der Waals surface area (Å²) in [5.41, 5.74) is -0.729. The van der Waals surface area contributed by atoms with Crippen molar-refractivity contribution in [3.63, 3.8) is 0 Å². The van der Waals surface area contributed by atoms with Crippen LogP contribution in [0, 0.1) is 5.82 Å². The first kappa shape index (κ1) is 15.3. The van der Waals surface area contributed by atoms with E-state index in [0.717, 1.165) is 12.1 Å². The molecule has 2 aromatic carbocycles. The van der Waals surface area contributed by atoms with Crippen molar-refractivity contribution in [3.05, 3.63) is 65.5 Å². The van der Waals surface area contributed by atoms with Crippen LogP contribution in [0.2, 0.25) is 0 Å². The molecular formula is C15H12F4O2. The molecule has 2 aromatic rings. The summed E-state index contributed by atoms with van der Waals surface area (Å²) in [6, 6.07) is 9.52. The first-order valence-electron chi connectivity index (χ1n) is 6.10. The molecule has 1 N–H and O–H groups in total. The second-order valence-corrected chi connectivity index (χ2v) is 4.40. The van der Waals surface area contributed by atoms with Gasteiger partial charge in [-0.05, 0) is 42.0 Å². The van der Waals surface area contributed by atoms with Crippen LogP contribution in [-0.4, -0.2) is 11.7 Å². The first-order valence-corrected chi connectivity index (χ1v) is 6.10. The lowest BCUT2D eigenvalue weighted by molar-refractivity contribution is -0.137. The summed E-state index contributed by atoms with van der Waals surface area (Å²) >= 11 is 0. The van der Waals surface area contributed by atoms with Gasteiger partial charge in [0.1, 0.15) is 24.3 Å². The van der Waals surface area contributed by atoms with E-state index in [0.29, 0.717) is 5.75 Å². The zero-order valence-electron chi connectivity index (χ0n) is 10.8. The standard InChI is InChI=1S/C15H12F4O2/c16-12-4-6-13(7-5-12)21-9-14(20)10-2-1-3-11(8-10)15(17,18)19/h1-8,14,20H,9H2. The van der Waals surface area contributed by atoms with E-state index in [-0.39, 0.29) is 12.2 Å². The van der Waals surface area contributed by atoms with Crippen LogP contribution < -0.4 is 4.74 Å². The molecule has 1 unspecified atom stereocenters. The van der Waals surface area contributed by atoms with E-state index < -0.39 is 23.7 Å². The zero-order valence-corrected chi connectivity index (χ0v) is 10.8. The van der Waals surface area contributed by atoms with Gasteiger partial charge >= 0.3 is 6.18 Å². The number of halogens is 4. The third kappa shape index (κ3) is 4.19. The number of hydrogen-bond acceptors (Lipinski definition) is 2. The highest BCUT2D eigenvalue weighted by atomic mass is 19.4. The van der Waals surface area contributed by atoms with E-state index >= 15 is 0 Å². The molecule has 0 radical (unpaired) electrons. The van der Waals surface area contributed by atoms with Gasteiger partial charge in [0.15, 0.2) is 0 Å². The van der Waals surface area contributed by atoms with Crippen molar-refractivity contribution in [2.45, 2.75) is 12.3 Å². The molecular weight excluding hydrogens is 288 g/mol. The lowest BCUT2D eigenvalue weighted by Gasteiger charge is -2.14. The van der Waals surface area contributed by atoms with Gasteiger partial charge in [0.25, 0.3) is 0 Å². The highest BCUT2D eigenvalue weighted by Crippen LogP contribution is 2.30. The number of hydrogen-bond donors (Lipinski definition) is 1. The van der Waals surface area contributed by atoms with E-state index in [2.05, 4.69) is 0 Å². The highest BCUT2D eigenvalue weighted by molar-refractivity contribution is 5.28. The Labute approximate surface area is 118 Å². The average Bonchev–Trinajstić information content (AvgIpc) is 2.45. The predicted octanol–water partition coefficient (Wildman–Crippen LogP) is 3.96. The maximum Gasteiger partial charge on any atom is 0.416 e. The minimum Gasteiger partial charge on any atom is -0.491 e. The summed E-state index contributed by atoms with van der Waals surface area (Å²) in [5.74, 6) is -0.108. The molecule has 2 rings (SSSR count). The predicted molar refractivity (Wildman–Crippen MR) is 68.3 cm³/mol. The maximum absolute atomic E-state index is 12.7. The average molecular weight is 300 g/mol. The number of rotatable bonds is 4. The smallest absolute Gasteiger partial charge is 0.416 e. The van der Waals surface area contributed by atoms with Crippen LogP contribution in [0.5, 0.6) is 5.75 Å². The molecule has 0 saturated heterocycles. The molecule has 0 aliphatic carbocycles. The number of aliphatic hydroxyl groups is 1. The fourth-order valence-corrected chi connectivity index (χ4v) is 1.72. The van der Waals surface area contributed by atoms with Crippen LogP contribution in [0.3, 0.4) is 0 Å². The number of benzene rings is 2. The fourth-order valence-electron chi connectivity index (χ4n) is 1.72. The molecule has 1 atom stereocenters. The van der Waals surface area contributed by atoms with Crippen LogP contribution in [0.4, 0.5) is 17.6 Å². The van der Waals surface area contributed by atoms with Crippen molar-refractivity contribution in [2.24, 2.45) is 0 Å². The van der Waals surface area contributed by atoms with Crippen molar-refractivity contribution in [3.8, 4) is 5.75 Å². The van der Waals surface area contributed by atoms with Crippen molar-refractivity contribution in [1.82, 2.24) is 0 Å². The Bertz CT molecular complexity index is 593. The highest BCUT2D eigenvalue weighted by Gasteiger charge is 2.30. The largest absolute Gasteiger partial charge is 0.491 e. The number of alkyl halides is 3. The number of aliphatic hydroxyl groups excluding tert-OH is 1. The summed E-state index contributed by atoms with van der Waals surface area (Å²) in [5, 5.41) is 9.86. The second-order valence-electron chi connectivity index (χ2n) is 4.40. The maximum atomic E-state index is 12.7. The van der Waals surface area contributed by atoms with Crippen LogP contribution in [0.25, 0.3) is 0 Å². The normalized spacial score (nSPS) is 13.0. The number of ether oxygens (including phenoxy) is 1. The fraction of sp³-hybridized carbons (Fsp3) is 0.200. The lowest BCUT2D eigenvalue weighted by atomic mass is 10.1. The third-order valence-electron chi connectivity index (χ3n) is 2.82. The Hall–Kier alpha value is -2.08. The topological polar surface area (TPSA) is 29.5 Å². The lowest BCUT2D eigenvalue weighted by Crippen LogP contribution is -2.12. The molecule has 0 spiro atoms. The third-order valence-corrected chi connectivity index (χ3v) is 2.82. The molecule has 0 fully saturated rings.